The van der Waals surface area contributed by atoms with Crippen molar-refractivity contribution in [2.75, 3.05) is 6.67 Å². The van der Waals surface area contributed by atoms with E-state index in [1.807, 2.05) is 63.2 Å². The Kier molecular flexibility index (Phi) is 7.66. The maximum Gasteiger partial charge on any atom is 0.310 e. The quantitative estimate of drug-likeness (QED) is 0.540. The molecule has 0 fully saturated rings. The predicted octanol–water partition coefficient (Wildman–Crippen LogP) is 5.71. The zero-order chi connectivity index (χ0) is 19.9. The Morgan fingerprint density at radius 2 is 1.81 bits per heavy atom. The fraction of sp³-hybridized carbons (Fsp3) is 0.409. The van der Waals surface area contributed by atoms with Crippen molar-refractivity contribution in [3.63, 3.8) is 0 Å². The maximum absolute atomic E-state index is 12.4. The molecule has 0 radical (unpaired) electrons. The van der Waals surface area contributed by atoms with Crippen molar-refractivity contribution in [1.82, 2.24) is 0 Å². The summed E-state index contributed by atoms with van der Waals surface area (Å²) in [6, 6.07) is 13.0. The molecule has 0 aromatic heterocycles. The van der Waals surface area contributed by atoms with Crippen LogP contribution in [0.1, 0.15) is 43.9 Å². The third-order valence-corrected chi connectivity index (χ3v) is 3.96. The molecule has 0 saturated carbocycles. The van der Waals surface area contributed by atoms with Gasteiger partial charge in [-0.2, -0.15) is 0 Å². The highest BCUT2D eigenvalue weighted by molar-refractivity contribution is 6.30. The van der Waals surface area contributed by atoms with E-state index < -0.39 is 5.60 Å². The van der Waals surface area contributed by atoms with Crippen molar-refractivity contribution in [3.05, 3.63) is 64.2 Å². The number of hydrogen-bond acceptors (Lipinski definition) is 3. The fourth-order valence-electron chi connectivity index (χ4n) is 2.70. The second kappa shape index (κ2) is 9.75. The fourth-order valence-corrected chi connectivity index (χ4v) is 2.98. The Hall–Kier alpha value is -2.07. The van der Waals surface area contributed by atoms with Gasteiger partial charge in [0.05, 0.1) is 13.1 Å². The molecule has 27 heavy (non-hydrogen) atoms. The zero-order valence-corrected chi connectivity index (χ0v) is 16.8. The lowest BCUT2D eigenvalue weighted by molar-refractivity contribution is -0.153. The number of hydrogen-bond donors (Lipinski definition) is 0. The highest BCUT2D eigenvalue weighted by atomic mass is 35.5. The molecule has 2 rings (SSSR count). The van der Waals surface area contributed by atoms with Gasteiger partial charge in [0.2, 0.25) is 0 Å². The van der Waals surface area contributed by atoms with E-state index in [-0.39, 0.29) is 19.1 Å². The molecule has 0 aliphatic rings. The highest BCUT2D eigenvalue weighted by Crippen LogP contribution is 2.23. The zero-order valence-electron chi connectivity index (χ0n) is 16.1. The van der Waals surface area contributed by atoms with Crippen molar-refractivity contribution in [3.8, 4) is 5.75 Å². The first-order chi connectivity index (χ1) is 12.8. The largest absolute Gasteiger partial charge is 0.489 e. The smallest absolute Gasteiger partial charge is 0.310 e. The van der Waals surface area contributed by atoms with E-state index in [0.29, 0.717) is 30.2 Å². The number of para-hydroxylation sites is 1. The number of carbonyl (C=O) groups is 1. The van der Waals surface area contributed by atoms with Gasteiger partial charge in [-0.3, -0.25) is 9.18 Å². The van der Waals surface area contributed by atoms with Crippen molar-refractivity contribution >= 4 is 17.6 Å². The van der Waals surface area contributed by atoms with Crippen LogP contribution in [0.4, 0.5) is 4.39 Å². The molecule has 0 unspecified atom stereocenters. The van der Waals surface area contributed by atoms with Gasteiger partial charge in [0, 0.05) is 10.6 Å². The Bertz CT molecular complexity index is 768. The summed E-state index contributed by atoms with van der Waals surface area (Å²) in [7, 11) is 0. The lowest BCUT2D eigenvalue weighted by atomic mass is 10.1. The maximum atomic E-state index is 12.4. The minimum absolute atomic E-state index is 0.144. The van der Waals surface area contributed by atoms with Crippen LogP contribution >= 0.6 is 11.6 Å². The second-order valence-electron chi connectivity index (χ2n) is 7.42. The van der Waals surface area contributed by atoms with E-state index in [4.69, 9.17) is 21.1 Å². The summed E-state index contributed by atoms with van der Waals surface area (Å²) in [4.78, 5) is 12.1. The summed E-state index contributed by atoms with van der Waals surface area (Å²) in [5, 5.41) is 0.604. The van der Waals surface area contributed by atoms with Gasteiger partial charge in [-0.25, -0.2) is 0 Å². The molecule has 0 heterocycles. The van der Waals surface area contributed by atoms with Gasteiger partial charge in [-0.1, -0.05) is 35.9 Å². The first-order valence-electron chi connectivity index (χ1n) is 9.04. The van der Waals surface area contributed by atoms with E-state index in [9.17, 15) is 9.18 Å². The summed E-state index contributed by atoms with van der Waals surface area (Å²) in [6.07, 6.45) is 1.25. The van der Waals surface area contributed by atoms with Gasteiger partial charge < -0.3 is 9.47 Å². The van der Waals surface area contributed by atoms with Gasteiger partial charge in [0.15, 0.2) is 0 Å². The number of esters is 1. The minimum atomic E-state index is -0.524. The highest BCUT2D eigenvalue weighted by Gasteiger charge is 2.18. The van der Waals surface area contributed by atoms with Crippen molar-refractivity contribution in [2.24, 2.45) is 0 Å². The molecular formula is C22H26ClFO3. The molecule has 146 valence electrons. The molecule has 0 amide bonds. The van der Waals surface area contributed by atoms with E-state index in [0.717, 1.165) is 16.7 Å². The number of aryl methyl sites for hydroxylation is 1. The molecule has 0 spiro atoms. The van der Waals surface area contributed by atoms with Crippen molar-refractivity contribution in [1.29, 1.82) is 0 Å². The summed E-state index contributed by atoms with van der Waals surface area (Å²) in [5.41, 5.74) is 2.14. The van der Waals surface area contributed by atoms with Gasteiger partial charge in [-0.05, 0) is 62.9 Å². The minimum Gasteiger partial charge on any atom is -0.489 e. The van der Waals surface area contributed by atoms with Crippen LogP contribution in [-0.4, -0.2) is 18.2 Å². The first-order valence-corrected chi connectivity index (χ1v) is 9.41. The lowest BCUT2D eigenvalue weighted by Crippen LogP contribution is -2.25. The van der Waals surface area contributed by atoms with Crippen LogP contribution in [0.5, 0.6) is 5.75 Å². The van der Waals surface area contributed by atoms with Gasteiger partial charge in [0.25, 0.3) is 0 Å². The number of alkyl halides is 1. The molecule has 2 aromatic carbocycles. The topological polar surface area (TPSA) is 35.5 Å². The number of halogens is 2. The molecule has 0 aliphatic carbocycles. The summed E-state index contributed by atoms with van der Waals surface area (Å²) in [6.45, 7) is 5.48. The van der Waals surface area contributed by atoms with Crippen LogP contribution in [0.2, 0.25) is 5.02 Å². The van der Waals surface area contributed by atoms with Gasteiger partial charge in [-0.15, -0.1) is 0 Å². The third kappa shape index (κ3) is 7.59. The monoisotopic (exact) mass is 392 g/mol. The van der Waals surface area contributed by atoms with Crippen LogP contribution in [0.25, 0.3) is 0 Å². The number of rotatable bonds is 8. The van der Waals surface area contributed by atoms with E-state index in [1.165, 1.54) is 0 Å². The van der Waals surface area contributed by atoms with Crippen LogP contribution < -0.4 is 4.74 Å². The van der Waals surface area contributed by atoms with E-state index in [1.54, 1.807) is 0 Å². The van der Waals surface area contributed by atoms with Crippen LogP contribution in [0, 0.1) is 0 Å². The Balaban J connectivity index is 2.06. The third-order valence-electron chi connectivity index (χ3n) is 3.74. The molecule has 0 aliphatic heterocycles. The van der Waals surface area contributed by atoms with Crippen molar-refractivity contribution < 1.29 is 18.7 Å². The molecule has 2 aromatic rings. The van der Waals surface area contributed by atoms with Crippen LogP contribution in [0.15, 0.2) is 42.5 Å². The summed E-state index contributed by atoms with van der Waals surface area (Å²) in [5.74, 6) is 0.337. The van der Waals surface area contributed by atoms with E-state index >= 15 is 0 Å². The molecule has 0 saturated heterocycles. The Morgan fingerprint density at radius 1 is 1.11 bits per heavy atom. The first kappa shape index (κ1) is 21.2. The molecular weight excluding hydrogens is 367 g/mol. The lowest BCUT2D eigenvalue weighted by Gasteiger charge is -2.20. The Labute approximate surface area is 165 Å². The Morgan fingerprint density at radius 3 is 2.52 bits per heavy atom. The molecule has 0 bridgehead atoms. The van der Waals surface area contributed by atoms with Crippen LogP contribution in [-0.2, 0) is 29.0 Å². The summed E-state index contributed by atoms with van der Waals surface area (Å²) < 4.78 is 23.7. The summed E-state index contributed by atoms with van der Waals surface area (Å²) >= 11 is 6.16. The van der Waals surface area contributed by atoms with Gasteiger partial charge >= 0.3 is 5.97 Å². The number of benzene rings is 2. The average Bonchev–Trinajstić information content (AvgIpc) is 2.57. The normalized spacial score (nSPS) is 11.3. The SMILES string of the molecule is CC(C)(C)OC(=O)Cc1ccccc1OCc1cc(Cl)cc(CCCF)c1. The standard InChI is InChI=1S/C22H26ClFO3/c1-22(2,3)27-21(25)14-18-8-4-5-9-20(18)26-15-17-11-16(7-6-10-24)12-19(23)13-17/h4-5,8-9,11-13H,6-7,10,14-15H2,1-3H3. The molecule has 0 N–H and O–H groups in total. The molecule has 0 atom stereocenters. The number of carbonyl (C=O) groups excluding carboxylic acids is 1. The van der Waals surface area contributed by atoms with Crippen molar-refractivity contribution in [2.45, 2.75) is 52.2 Å². The second-order valence-corrected chi connectivity index (χ2v) is 7.86. The molecule has 3 nitrogen and oxygen atoms in total. The number of ether oxygens (including phenoxy) is 2. The average molecular weight is 393 g/mol. The van der Waals surface area contributed by atoms with E-state index in [2.05, 4.69) is 0 Å². The van der Waals surface area contributed by atoms with Gasteiger partial charge in [0.1, 0.15) is 18.0 Å². The predicted molar refractivity (Wildman–Crippen MR) is 106 cm³/mol. The molecule has 5 heteroatoms. The van der Waals surface area contributed by atoms with Crippen LogP contribution in [0.3, 0.4) is 0 Å².